The fourth-order valence-electron chi connectivity index (χ4n) is 1.71. The van der Waals surface area contributed by atoms with E-state index in [0.717, 1.165) is 17.2 Å². The molecule has 17 heavy (non-hydrogen) atoms. The molecule has 0 spiro atoms. The van der Waals surface area contributed by atoms with E-state index in [1.54, 1.807) is 6.26 Å². The van der Waals surface area contributed by atoms with Gasteiger partial charge in [0.1, 0.15) is 11.5 Å². The molecule has 0 aliphatic rings. The molecule has 90 valence electrons. The van der Waals surface area contributed by atoms with Gasteiger partial charge in [0.05, 0.1) is 24.6 Å². The van der Waals surface area contributed by atoms with Gasteiger partial charge in [0, 0.05) is 0 Å². The quantitative estimate of drug-likeness (QED) is 0.848. The number of hydrogen-bond acceptors (Lipinski definition) is 3. The highest BCUT2D eigenvalue weighted by atomic mass is 16.5. The summed E-state index contributed by atoms with van der Waals surface area (Å²) in [4.78, 5) is 0. The van der Waals surface area contributed by atoms with E-state index in [9.17, 15) is 0 Å². The van der Waals surface area contributed by atoms with Crippen LogP contribution in [0.4, 0.5) is 5.69 Å². The monoisotopic (exact) mass is 231 g/mol. The van der Waals surface area contributed by atoms with Crippen LogP contribution < -0.4 is 10.1 Å². The van der Waals surface area contributed by atoms with E-state index in [1.165, 1.54) is 0 Å². The Kier molecular flexibility index (Phi) is 3.70. The van der Waals surface area contributed by atoms with Gasteiger partial charge in [0.15, 0.2) is 0 Å². The van der Waals surface area contributed by atoms with Gasteiger partial charge in [-0.15, -0.1) is 0 Å². The van der Waals surface area contributed by atoms with Crippen LogP contribution in [0.15, 0.2) is 47.1 Å². The van der Waals surface area contributed by atoms with Crippen molar-refractivity contribution in [2.45, 2.75) is 19.9 Å². The highest BCUT2D eigenvalue weighted by Crippen LogP contribution is 2.28. The Labute approximate surface area is 101 Å². The Morgan fingerprint density at radius 3 is 2.76 bits per heavy atom. The second-order valence-electron chi connectivity index (χ2n) is 3.81. The number of furan rings is 1. The molecule has 0 saturated heterocycles. The highest BCUT2D eigenvalue weighted by molar-refractivity contribution is 5.57. The van der Waals surface area contributed by atoms with Gasteiger partial charge in [-0.1, -0.05) is 12.1 Å². The fourth-order valence-corrected chi connectivity index (χ4v) is 1.71. The molecule has 0 aliphatic carbocycles. The van der Waals surface area contributed by atoms with Gasteiger partial charge in [-0.3, -0.25) is 0 Å². The van der Waals surface area contributed by atoms with Crippen LogP contribution in [0.5, 0.6) is 5.75 Å². The molecule has 0 fully saturated rings. The maximum Gasteiger partial charge on any atom is 0.142 e. The van der Waals surface area contributed by atoms with E-state index in [4.69, 9.17) is 9.15 Å². The lowest BCUT2D eigenvalue weighted by molar-refractivity contribution is 0.341. The third-order valence-electron chi connectivity index (χ3n) is 2.53. The van der Waals surface area contributed by atoms with Gasteiger partial charge in [-0.25, -0.2) is 0 Å². The molecule has 3 heteroatoms. The normalized spacial score (nSPS) is 12.1. The van der Waals surface area contributed by atoms with E-state index in [-0.39, 0.29) is 6.04 Å². The predicted molar refractivity (Wildman–Crippen MR) is 68.4 cm³/mol. The van der Waals surface area contributed by atoms with E-state index in [1.807, 2.05) is 43.3 Å². The maximum atomic E-state index is 5.56. The molecule has 0 amide bonds. The molecular weight excluding hydrogens is 214 g/mol. The number of nitrogens with one attached hydrogen (secondary N) is 1. The average molecular weight is 231 g/mol. The predicted octanol–water partition coefficient (Wildman–Crippen LogP) is 3.85. The van der Waals surface area contributed by atoms with Crippen LogP contribution in [-0.4, -0.2) is 6.61 Å². The van der Waals surface area contributed by atoms with Gasteiger partial charge in [-0.05, 0) is 38.1 Å². The molecule has 0 aliphatic heterocycles. The molecule has 0 saturated carbocycles. The Morgan fingerprint density at radius 1 is 1.24 bits per heavy atom. The number of rotatable bonds is 5. The number of para-hydroxylation sites is 2. The summed E-state index contributed by atoms with van der Waals surface area (Å²) in [6.45, 7) is 4.70. The lowest BCUT2D eigenvalue weighted by Gasteiger charge is -2.16. The topological polar surface area (TPSA) is 34.4 Å². The molecule has 2 rings (SSSR count). The second kappa shape index (κ2) is 5.43. The first-order valence-corrected chi connectivity index (χ1v) is 5.83. The van der Waals surface area contributed by atoms with Crippen molar-refractivity contribution in [1.29, 1.82) is 0 Å². The lowest BCUT2D eigenvalue weighted by atomic mass is 10.2. The van der Waals surface area contributed by atoms with E-state index in [2.05, 4.69) is 12.2 Å². The zero-order chi connectivity index (χ0) is 12.1. The summed E-state index contributed by atoms with van der Waals surface area (Å²) < 4.78 is 10.9. The highest BCUT2D eigenvalue weighted by Gasteiger charge is 2.10. The van der Waals surface area contributed by atoms with Crippen LogP contribution in [0.3, 0.4) is 0 Å². The lowest BCUT2D eigenvalue weighted by Crippen LogP contribution is -2.07. The molecule has 0 radical (unpaired) electrons. The first-order chi connectivity index (χ1) is 8.31. The van der Waals surface area contributed by atoms with Crippen LogP contribution >= 0.6 is 0 Å². The maximum absolute atomic E-state index is 5.56. The van der Waals surface area contributed by atoms with Crippen molar-refractivity contribution >= 4 is 5.69 Å². The Hall–Kier alpha value is -1.90. The number of benzene rings is 1. The Bertz CT molecular complexity index is 451. The Balaban J connectivity index is 2.12. The van der Waals surface area contributed by atoms with Crippen molar-refractivity contribution in [3.8, 4) is 5.75 Å². The summed E-state index contributed by atoms with van der Waals surface area (Å²) in [6, 6.07) is 11.9. The van der Waals surface area contributed by atoms with Gasteiger partial charge in [0.25, 0.3) is 0 Å². The first-order valence-electron chi connectivity index (χ1n) is 5.83. The number of anilines is 1. The molecular formula is C14H17NO2. The minimum absolute atomic E-state index is 0.117. The van der Waals surface area contributed by atoms with Crippen molar-refractivity contribution in [3.05, 3.63) is 48.4 Å². The third-order valence-corrected chi connectivity index (χ3v) is 2.53. The van der Waals surface area contributed by atoms with Gasteiger partial charge < -0.3 is 14.5 Å². The third kappa shape index (κ3) is 2.81. The number of hydrogen-bond donors (Lipinski definition) is 1. The van der Waals surface area contributed by atoms with E-state index >= 15 is 0 Å². The molecule has 1 heterocycles. The summed E-state index contributed by atoms with van der Waals surface area (Å²) in [7, 11) is 0. The summed E-state index contributed by atoms with van der Waals surface area (Å²) in [5.41, 5.74) is 0.984. The minimum atomic E-state index is 0.117. The average Bonchev–Trinajstić information content (AvgIpc) is 2.85. The summed E-state index contributed by atoms with van der Waals surface area (Å²) in [5, 5.41) is 3.38. The van der Waals surface area contributed by atoms with Crippen LogP contribution in [0.1, 0.15) is 25.6 Å². The van der Waals surface area contributed by atoms with Crippen molar-refractivity contribution in [3.63, 3.8) is 0 Å². The first kappa shape index (κ1) is 11.6. The van der Waals surface area contributed by atoms with Gasteiger partial charge >= 0.3 is 0 Å². The van der Waals surface area contributed by atoms with Crippen molar-refractivity contribution in [1.82, 2.24) is 0 Å². The van der Waals surface area contributed by atoms with Crippen molar-refractivity contribution in [2.24, 2.45) is 0 Å². The fraction of sp³-hybridized carbons (Fsp3) is 0.286. The van der Waals surface area contributed by atoms with Crippen molar-refractivity contribution < 1.29 is 9.15 Å². The number of ether oxygens (including phenoxy) is 1. The zero-order valence-corrected chi connectivity index (χ0v) is 10.1. The van der Waals surface area contributed by atoms with Crippen molar-refractivity contribution in [2.75, 3.05) is 11.9 Å². The standard InChI is InChI=1S/C14H17NO2/c1-3-16-14-8-5-4-7-12(14)15-11(2)13-9-6-10-17-13/h4-11,15H,3H2,1-2H3. The zero-order valence-electron chi connectivity index (χ0n) is 10.1. The van der Waals surface area contributed by atoms with Crippen LogP contribution in [-0.2, 0) is 0 Å². The molecule has 3 nitrogen and oxygen atoms in total. The SMILES string of the molecule is CCOc1ccccc1NC(C)c1ccco1. The molecule has 0 bridgehead atoms. The summed E-state index contributed by atoms with van der Waals surface area (Å²) >= 11 is 0. The minimum Gasteiger partial charge on any atom is -0.492 e. The van der Waals surface area contributed by atoms with E-state index < -0.39 is 0 Å². The largest absolute Gasteiger partial charge is 0.492 e. The molecule has 2 aromatic rings. The van der Waals surface area contributed by atoms with Gasteiger partial charge in [-0.2, -0.15) is 0 Å². The smallest absolute Gasteiger partial charge is 0.142 e. The van der Waals surface area contributed by atoms with E-state index in [0.29, 0.717) is 6.61 Å². The van der Waals surface area contributed by atoms with Crippen LogP contribution in [0.2, 0.25) is 0 Å². The van der Waals surface area contributed by atoms with Crippen LogP contribution in [0, 0.1) is 0 Å². The van der Waals surface area contributed by atoms with Gasteiger partial charge in [0.2, 0.25) is 0 Å². The Morgan fingerprint density at radius 2 is 2.06 bits per heavy atom. The molecule has 1 aromatic carbocycles. The molecule has 1 N–H and O–H groups in total. The molecule has 1 unspecified atom stereocenters. The van der Waals surface area contributed by atoms with Crippen LogP contribution in [0.25, 0.3) is 0 Å². The summed E-state index contributed by atoms with van der Waals surface area (Å²) in [6.07, 6.45) is 1.68. The molecule has 1 aromatic heterocycles. The summed E-state index contributed by atoms with van der Waals surface area (Å²) in [5.74, 6) is 1.78. The second-order valence-corrected chi connectivity index (χ2v) is 3.81. The molecule has 1 atom stereocenters.